The number of pyridine rings is 1. The summed E-state index contributed by atoms with van der Waals surface area (Å²) < 4.78 is 23.3. The number of morpholine rings is 1. The molecule has 2 unspecified atom stereocenters. The summed E-state index contributed by atoms with van der Waals surface area (Å²) in [7, 11) is -0.622. The van der Waals surface area contributed by atoms with Gasteiger partial charge in [0, 0.05) is 43.4 Å². The first-order valence-corrected chi connectivity index (χ1v) is 12.3. The Bertz CT molecular complexity index is 1120. The van der Waals surface area contributed by atoms with Gasteiger partial charge in [0.15, 0.2) is 5.82 Å². The number of aromatic nitrogens is 3. The third kappa shape index (κ3) is 3.32. The Labute approximate surface area is 177 Å². The minimum absolute atomic E-state index is 0.153. The van der Waals surface area contributed by atoms with Crippen molar-refractivity contribution in [1.82, 2.24) is 15.0 Å². The van der Waals surface area contributed by atoms with Crippen molar-refractivity contribution < 1.29 is 8.95 Å². The molecule has 4 heterocycles. The topological polar surface area (TPSA) is 80.6 Å². The number of fused-ring (bicyclic) bond motifs is 1. The van der Waals surface area contributed by atoms with Gasteiger partial charge in [-0.2, -0.15) is 0 Å². The Kier molecular flexibility index (Phi) is 5.06. The Balaban J connectivity index is 1.68. The molecule has 0 spiro atoms. The Hall–Kier alpha value is -2.32. The average Bonchev–Trinajstić information content (AvgIpc) is 3.40. The zero-order valence-corrected chi connectivity index (χ0v) is 18.3. The summed E-state index contributed by atoms with van der Waals surface area (Å²) >= 11 is 0. The van der Waals surface area contributed by atoms with E-state index in [1.165, 1.54) is 5.56 Å². The summed E-state index contributed by atoms with van der Waals surface area (Å²) in [6.07, 6.45) is 10.7. The van der Waals surface area contributed by atoms with Crippen molar-refractivity contribution in [3.63, 3.8) is 0 Å². The largest absolute Gasteiger partial charge is 0.377 e. The van der Waals surface area contributed by atoms with E-state index in [0.717, 1.165) is 48.4 Å². The monoisotopic (exact) mass is 425 g/mol. The molecule has 0 bridgehead atoms. The molecule has 3 atom stereocenters. The SMILES string of the molecule is CN=S1(=O)CCCC1c1cc(N2CCOC[C@H]2C)nc(-c2cncc3c2C=CC3)n1. The van der Waals surface area contributed by atoms with E-state index in [1.54, 1.807) is 7.05 Å². The second-order valence-electron chi connectivity index (χ2n) is 8.17. The number of allylic oxidation sites excluding steroid dienone is 1. The summed E-state index contributed by atoms with van der Waals surface area (Å²) in [5.41, 5.74) is 4.09. The molecule has 0 amide bonds. The summed E-state index contributed by atoms with van der Waals surface area (Å²) in [5, 5.41) is -0.153. The Morgan fingerprint density at radius 1 is 1.30 bits per heavy atom. The predicted octanol–water partition coefficient (Wildman–Crippen LogP) is 3.27. The van der Waals surface area contributed by atoms with Crippen molar-refractivity contribution in [2.24, 2.45) is 4.36 Å². The second kappa shape index (κ2) is 7.74. The van der Waals surface area contributed by atoms with Crippen LogP contribution in [-0.2, 0) is 20.9 Å². The van der Waals surface area contributed by atoms with Crippen LogP contribution >= 0.6 is 0 Å². The van der Waals surface area contributed by atoms with Gasteiger partial charge in [0.1, 0.15) is 5.82 Å². The molecule has 1 aliphatic carbocycles. The fraction of sp³-hybridized carbons (Fsp3) is 0.500. The van der Waals surface area contributed by atoms with E-state index in [9.17, 15) is 4.21 Å². The highest BCUT2D eigenvalue weighted by molar-refractivity contribution is 7.94. The van der Waals surface area contributed by atoms with Gasteiger partial charge >= 0.3 is 0 Å². The summed E-state index contributed by atoms with van der Waals surface area (Å²) in [5.74, 6) is 2.17. The van der Waals surface area contributed by atoms with Crippen LogP contribution in [0.2, 0.25) is 0 Å². The molecule has 0 radical (unpaired) electrons. The molecular formula is C22H27N5O2S. The van der Waals surface area contributed by atoms with Crippen molar-refractivity contribution in [3.8, 4) is 11.4 Å². The van der Waals surface area contributed by atoms with E-state index < -0.39 is 9.73 Å². The summed E-state index contributed by atoms with van der Waals surface area (Å²) in [6, 6.07) is 2.25. The molecule has 0 aromatic carbocycles. The zero-order valence-electron chi connectivity index (χ0n) is 17.5. The standard InChI is InChI=1S/C22H27N5O2S/c1-15-14-29-9-8-27(15)21-11-19(20-7-4-10-30(20,28)23-2)25-22(26-21)18-13-24-12-16-5-3-6-17(16)18/h3,6,11-13,15,20H,4-5,7-10,14H2,1-2H3/t15-,20?,30?/m1/s1. The summed E-state index contributed by atoms with van der Waals surface area (Å²) in [4.78, 5) is 16.6. The minimum atomic E-state index is -2.30. The molecule has 2 aromatic rings. The molecule has 158 valence electrons. The maximum atomic E-state index is 13.4. The van der Waals surface area contributed by atoms with Crippen molar-refractivity contribution in [2.75, 3.05) is 37.5 Å². The number of anilines is 1. The Morgan fingerprint density at radius 3 is 3.03 bits per heavy atom. The van der Waals surface area contributed by atoms with Crippen molar-refractivity contribution in [3.05, 3.63) is 41.4 Å². The third-order valence-corrected chi connectivity index (χ3v) is 9.17. The molecule has 0 N–H and O–H groups in total. The van der Waals surface area contributed by atoms with Gasteiger partial charge in [-0.15, -0.1) is 0 Å². The molecule has 0 saturated carbocycles. The van der Waals surface area contributed by atoms with Crippen LogP contribution < -0.4 is 4.90 Å². The molecule has 30 heavy (non-hydrogen) atoms. The van der Waals surface area contributed by atoms with Gasteiger partial charge in [-0.1, -0.05) is 12.2 Å². The van der Waals surface area contributed by atoms with E-state index in [1.807, 2.05) is 18.5 Å². The van der Waals surface area contributed by atoms with Crippen molar-refractivity contribution in [1.29, 1.82) is 0 Å². The van der Waals surface area contributed by atoms with Gasteiger partial charge < -0.3 is 9.64 Å². The van der Waals surface area contributed by atoms with Crippen molar-refractivity contribution in [2.45, 2.75) is 37.5 Å². The lowest BCUT2D eigenvalue weighted by Crippen LogP contribution is -2.44. The van der Waals surface area contributed by atoms with E-state index in [0.29, 0.717) is 24.8 Å². The van der Waals surface area contributed by atoms with Gasteiger partial charge in [-0.3, -0.25) is 4.98 Å². The lowest BCUT2D eigenvalue weighted by molar-refractivity contribution is 0.0985. The quantitative estimate of drug-likeness (QED) is 0.751. The fourth-order valence-corrected chi connectivity index (χ4v) is 7.00. The van der Waals surface area contributed by atoms with E-state index in [4.69, 9.17) is 14.7 Å². The molecule has 2 saturated heterocycles. The Morgan fingerprint density at radius 2 is 2.20 bits per heavy atom. The number of ether oxygens (including phenoxy) is 1. The number of hydrogen-bond acceptors (Lipinski definition) is 7. The van der Waals surface area contributed by atoms with Crippen LogP contribution in [0.1, 0.15) is 41.8 Å². The highest BCUT2D eigenvalue weighted by Crippen LogP contribution is 2.38. The molecular weight excluding hydrogens is 398 g/mol. The van der Waals surface area contributed by atoms with Crippen molar-refractivity contribution >= 4 is 21.6 Å². The molecule has 3 aliphatic rings. The molecule has 2 aliphatic heterocycles. The van der Waals surface area contributed by atoms with E-state index in [2.05, 4.69) is 33.3 Å². The third-order valence-electron chi connectivity index (χ3n) is 6.31. The molecule has 8 heteroatoms. The first-order valence-electron chi connectivity index (χ1n) is 10.6. The van der Waals surface area contributed by atoms with E-state index in [-0.39, 0.29) is 11.3 Å². The molecule has 5 rings (SSSR count). The second-order valence-corrected chi connectivity index (χ2v) is 10.9. The first-order chi connectivity index (χ1) is 14.6. The van der Waals surface area contributed by atoms with Gasteiger partial charge in [0.2, 0.25) is 0 Å². The lowest BCUT2D eigenvalue weighted by Gasteiger charge is -2.34. The average molecular weight is 426 g/mol. The highest BCUT2D eigenvalue weighted by atomic mass is 32.2. The van der Waals surface area contributed by atoms with Crippen LogP contribution in [0.25, 0.3) is 17.5 Å². The maximum absolute atomic E-state index is 13.4. The summed E-state index contributed by atoms with van der Waals surface area (Å²) in [6.45, 7) is 4.27. The van der Waals surface area contributed by atoms with Crippen LogP contribution in [0, 0.1) is 0 Å². The normalized spacial score (nSPS) is 28.0. The first kappa shape index (κ1) is 19.6. The van der Waals surface area contributed by atoms with Crippen LogP contribution in [0.5, 0.6) is 0 Å². The lowest BCUT2D eigenvalue weighted by atomic mass is 10.1. The fourth-order valence-electron chi connectivity index (χ4n) is 4.66. The zero-order chi connectivity index (χ0) is 20.7. The predicted molar refractivity (Wildman–Crippen MR) is 119 cm³/mol. The van der Waals surface area contributed by atoms with Gasteiger partial charge in [-0.25, -0.2) is 18.5 Å². The molecule has 2 aromatic heterocycles. The van der Waals surface area contributed by atoms with Gasteiger partial charge in [0.25, 0.3) is 0 Å². The number of hydrogen-bond donors (Lipinski definition) is 0. The number of nitrogens with zero attached hydrogens (tertiary/aromatic N) is 5. The number of rotatable bonds is 3. The molecule has 2 fully saturated rings. The van der Waals surface area contributed by atoms with Crippen LogP contribution in [0.15, 0.2) is 28.9 Å². The maximum Gasteiger partial charge on any atom is 0.163 e. The smallest absolute Gasteiger partial charge is 0.163 e. The minimum Gasteiger partial charge on any atom is -0.377 e. The van der Waals surface area contributed by atoms with Gasteiger partial charge in [0.05, 0.1) is 39.9 Å². The highest BCUT2D eigenvalue weighted by Gasteiger charge is 2.33. The van der Waals surface area contributed by atoms with Crippen LogP contribution in [0.3, 0.4) is 0 Å². The molecule has 7 nitrogen and oxygen atoms in total. The van der Waals surface area contributed by atoms with Crippen LogP contribution in [0.4, 0.5) is 5.82 Å². The van der Waals surface area contributed by atoms with Crippen LogP contribution in [-0.4, -0.2) is 57.8 Å². The van der Waals surface area contributed by atoms with E-state index >= 15 is 0 Å². The van der Waals surface area contributed by atoms with Gasteiger partial charge in [-0.05, 0) is 37.3 Å².